The number of benzene rings is 1. The molecule has 0 aliphatic carbocycles. The van der Waals surface area contributed by atoms with Gasteiger partial charge in [-0.15, -0.1) is 0 Å². The first kappa shape index (κ1) is 11.7. The van der Waals surface area contributed by atoms with E-state index in [2.05, 4.69) is 9.43 Å². The van der Waals surface area contributed by atoms with Crippen LogP contribution >= 0.6 is 0 Å². The van der Waals surface area contributed by atoms with Crippen molar-refractivity contribution in [3.8, 4) is 0 Å². The fourth-order valence-electron chi connectivity index (χ4n) is 0.900. The molecule has 0 radical (unpaired) electrons. The number of azide groups is 1. The van der Waals surface area contributed by atoms with Crippen LogP contribution in [0.3, 0.4) is 0 Å². The molecule has 0 bridgehead atoms. The van der Waals surface area contributed by atoms with Gasteiger partial charge in [0.15, 0.2) is 11.1 Å². The number of hydrogen-bond acceptors (Lipinski definition) is 3. The fourth-order valence-corrected chi connectivity index (χ4v) is 2.62. The Morgan fingerprint density at radius 1 is 1.40 bits per heavy atom. The van der Waals surface area contributed by atoms with Crippen molar-refractivity contribution >= 4 is 21.1 Å². The van der Waals surface area contributed by atoms with Crippen LogP contribution in [0.15, 0.2) is 38.6 Å². The number of hydrogen-bond donors (Lipinski definition) is 1. The average Bonchev–Trinajstić information content (AvgIpc) is 2.17. The van der Waals surface area contributed by atoms with Crippen LogP contribution in [0.4, 0.5) is 0 Å². The second-order valence-electron chi connectivity index (χ2n) is 2.34. The van der Waals surface area contributed by atoms with Crippen molar-refractivity contribution in [2.24, 2.45) is 4.52 Å². The van der Waals surface area contributed by atoms with Gasteiger partial charge in [-0.25, -0.2) is 12.6 Å². The average molecular weight is 247 g/mol. The van der Waals surface area contributed by atoms with E-state index in [1.807, 2.05) is 0 Å². The monoisotopic (exact) mass is 247 g/mol. The molecule has 1 rings (SSSR count). The highest BCUT2D eigenvalue weighted by atomic mass is 32.2. The summed E-state index contributed by atoms with van der Waals surface area (Å²) in [6.45, 7) is 0. The molecule has 0 saturated heterocycles. The maximum atomic E-state index is 11.3. The first-order chi connectivity index (χ1) is 6.99. The lowest BCUT2D eigenvalue weighted by molar-refractivity contribution is 0.558. The Hall–Kier alpha value is -1.41. The molecule has 0 amide bonds. The van der Waals surface area contributed by atoms with E-state index in [1.54, 1.807) is 0 Å². The number of nitrogens with zero attached hydrogens (tertiary/aromatic N) is 3. The van der Waals surface area contributed by atoms with Crippen molar-refractivity contribution in [2.75, 3.05) is 0 Å². The van der Waals surface area contributed by atoms with Crippen LogP contribution in [0.2, 0.25) is 0 Å². The fraction of sp³-hybridized carbons (Fsp3) is 0. The molecule has 0 saturated carbocycles. The van der Waals surface area contributed by atoms with Crippen LogP contribution in [0.5, 0.6) is 0 Å². The van der Waals surface area contributed by atoms with Crippen LogP contribution < -0.4 is 0 Å². The molecule has 0 heterocycles. The Kier molecular flexibility index (Phi) is 3.43. The molecule has 0 spiro atoms. The molecule has 1 unspecified atom stereocenters. The van der Waals surface area contributed by atoms with Gasteiger partial charge in [-0.1, -0.05) is 12.1 Å². The van der Waals surface area contributed by atoms with Crippen LogP contribution in [-0.2, 0) is 21.1 Å². The zero-order valence-electron chi connectivity index (χ0n) is 7.14. The van der Waals surface area contributed by atoms with Gasteiger partial charge in [0, 0.05) is 9.43 Å². The van der Waals surface area contributed by atoms with Crippen LogP contribution in [0.25, 0.3) is 10.4 Å². The second kappa shape index (κ2) is 4.41. The quantitative estimate of drug-likeness (QED) is 0.374. The van der Waals surface area contributed by atoms with E-state index in [1.165, 1.54) is 12.1 Å². The molecular formula is C6H5N3O4S2. The molecule has 1 N–H and O–H groups in total. The minimum atomic E-state index is -4.23. The van der Waals surface area contributed by atoms with Crippen molar-refractivity contribution in [1.82, 2.24) is 0 Å². The van der Waals surface area contributed by atoms with E-state index in [0.717, 1.165) is 12.1 Å². The maximum Gasteiger partial charge on any atom is 0.265 e. The zero-order valence-corrected chi connectivity index (χ0v) is 8.77. The molecule has 0 fully saturated rings. The maximum absolute atomic E-state index is 11.3. The summed E-state index contributed by atoms with van der Waals surface area (Å²) in [6.07, 6.45) is 0. The molecular weight excluding hydrogens is 242 g/mol. The summed E-state index contributed by atoms with van der Waals surface area (Å²) < 4.78 is 44.8. The topological polar surface area (TPSA) is 120 Å². The minimum absolute atomic E-state index is 0.315. The standard InChI is InChI=1S/C6H5N3O4S2/c7-8-9-15(12,13)6-4-2-1-3-5(6)14(10)11/h1-4H,(H,10,11). The largest absolute Gasteiger partial charge is 0.302 e. The zero-order chi connectivity index (χ0) is 11.5. The Balaban J connectivity index is 3.51. The Labute approximate surface area is 87.7 Å². The van der Waals surface area contributed by atoms with Gasteiger partial charge in [-0.05, 0) is 17.7 Å². The summed E-state index contributed by atoms with van der Waals surface area (Å²) in [7, 11) is -4.23. The van der Waals surface area contributed by atoms with E-state index in [-0.39, 0.29) is 4.90 Å². The van der Waals surface area contributed by atoms with Gasteiger partial charge in [0.1, 0.15) is 0 Å². The van der Waals surface area contributed by atoms with E-state index >= 15 is 0 Å². The third kappa shape index (κ3) is 2.54. The van der Waals surface area contributed by atoms with Gasteiger partial charge in [-0.3, -0.25) is 0 Å². The first-order valence-electron chi connectivity index (χ1n) is 3.50. The van der Waals surface area contributed by atoms with E-state index in [4.69, 9.17) is 10.1 Å². The summed E-state index contributed by atoms with van der Waals surface area (Å²) in [5, 5.41) is 0. The lowest BCUT2D eigenvalue weighted by atomic mass is 10.4. The summed E-state index contributed by atoms with van der Waals surface area (Å²) in [5.41, 5.74) is 8.03. The van der Waals surface area contributed by atoms with Crippen LogP contribution in [0.1, 0.15) is 0 Å². The SMILES string of the molecule is [N-]=[N+]=NS(=O)(=O)c1ccccc1S(=O)O. The normalized spacial score (nSPS) is 12.9. The first-order valence-corrected chi connectivity index (χ1v) is 6.05. The molecule has 1 aromatic carbocycles. The van der Waals surface area contributed by atoms with E-state index < -0.39 is 26.0 Å². The van der Waals surface area contributed by atoms with E-state index in [9.17, 15) is 12.6 Å². The van der Waals surface area contributed by atoms with Crippen molar-refractivity contribution in [3.05, 3.63) is 34.7 Å². The van der Waals surface area contributed by atoms with Gasteiger partial charge >= 0.3 is 0 Å². The number of rotatable bonds is 3. The van der Waals surface area contributed by atoms with Crippen molar-refractivity contribution in [3.63, 3.8) is 0 Å². The predicted molar refractivity (Wildman–Crippen MR) is 51.8 cm³/mol. The van der Waals surface area contributed by atoms with Crippen molar-refractivity contribution < 1.29 is 17.2 Å². The second-order valence-corrected chi connectivity index (χ2v) is 4.83. The van der Waals surface area contributed by atoms with E-state index in [0.29, 0.717) is 0 Å². The molecule has 80 valence electrons. The van der Waals surface area contributed by atoms with Gasteiger partial charge in [0.25, 0.3) is 10.0 Å². The molecule has 0 aliphatic rings. The van der Waals surface area contributed by atoms with Crippen LogP contribution in [0, 0.1) is 0 Å². The Bertz CT molecular complexity index is 547. The third-order valence-electron chi connectivity index (χ3n) is 1.46. The van der Waals surface area contributed by atoms with Gasteiger partial charge in [-0.2, -0.15) is 0 Å². The highest BCUT2D eigenvalue weighted by Gasteiger charge is 2.19. The van der Waals surface area contributed by atoms with Gasteiger partial charge < -0.3 is 4.55 Å². The molecule has 9 heteroatoms. The third-order valence-corrected chi connectivity index (χ3v) is 3.52. The Morgan fingerprint density at radius 2 is 2.00 bits per heavy atom. The lowest BCUT2D eigenvalue weighted by Crippen LogP contribution is -2.02. The molecule has 7 nitrogen and oxygen atoms in total. The Morgan fingerprint density at radius 3 is 2.53 bits per heavy atom. The highest BCUT2D eigenvalue weighted by Crippen LogP contribution is 2.20. The van der Waals surface area contributed by atoms with Crippen molar-refractivity contribution in [1.29, 1.82) is 0 Å². The highest BCUT2D eigenvalue weighted by molar-refractivity contribution is 7.90. The minimum Gasteiger partial charge on any atom is -0.302 e. The lowest BCUT2D eigenvalue weighted by Gasteiger charge is -2.01. The summed E-state index contributed by atoms with van der Waals surface area (Å²) in [6, 6.07) is 5.01. The van der Waals surface area contributed by atoms with Gasteiger partial charge in [0.05, 0.1) is 9.79 Å². The van der Waals surface area contributed by atoms with Crippen LogP contribution in [-0.4, -0.2) is 17.2 Å². The molecule has 1 aromatic rings. The molecule has 0 aliphatic heterocycles. The van der Waals surface area contributed by atoms with Gasteiger partial charge in [0.2, 0.25) is 0 Å². The molecule has 1 atom stereocenters. The molecule has 15 heavy (non-hydrogen) atoms. The summed E-state index contributed by atoms with van der Waals surface area (Å²) in [5.74, 6) is 0. The van der Waals surface area contributed by atoms with Crippen molar-refractivity contribution in [2.45, 2.75) is 9.79 Å². The predicted octanol–water partition coefficient (Wildman–Crippen LogP) is 1.27. The summed E-state index contributed by atoms with van der Waals surface area (Å²) >= 11 is -2.45. The summed E-state index contributed by atoms with van der Waals surface area (Å²) in [4.78, 5) is 1.36. The molecule has 0 aromatic heterocycles. The smallest absolute Gasteiger partial charge is 0.265 e. The number of sulfonamides is 1.